The van der Waals surface area contributed by atoms with Crippen LogP contribution in [0.25, 0.3) is 0 Å². The van der Waals surface area contributed by atoms with E-state index in [2.05, 4.69) is 15.6 Å². The summed E-state index contributed by atoms with van der Waals surface area (Å²) in [6.45, 7) is 0. The van der Waals surface area contributed by atoms with E-state index < -0.39 is 11.7 Å². The Bertz CT molecular complexity index is 1520. The van der Waals surface area contributed by atoms with Gasteiger partial charge < -0.3 is 22.1 Å². The molecule has 1 amide bonds. The zero-order chi connectivity index (χ0) is 26.5. The Morgan fingerprint density at radius 1 is 0.632 bits per heavy atom. The Balaban J connectivity index is 1.30. The van der Waals surface area contributed by atoms with E-state index >= 15 is 0 Å². The van der Waals surface area contributed by atoms with Crippen molar-refractivity contribution in [1.29, 1.82) is 0 Å². The first-order chi connectivity index (χ1) is 18.4. The molecule has 188 valence electrons. The van der Waals surface area contributed by atoms with E-state index in [0.29, 0.717) is 11.4 Å². The number of aliphatic imine (C=N–C) groups is 1. The van der Waals surface area contributed by atoms with Crippen LogP contribution in [0.15, 0.2) is 114 Å². The third-order valence-corrected chi connectivity index (χ3v) is 6.17. The van der Waals surface area contributed by atoms with Crippen LogP contribution in [0.2, 0.25) is 0 Å². The van der Waals surface area contributed by atoms with E-state index in [1.165, 1.54) is 6.08 Å². The van der Waals surface area contributed by atoms with Crippen LogP contribution in [0, 0.1) is 0 Å². The van der Waals surface area contributed by atoms with Crippen LogP contribution in [0.4, 0.5) is 22.7 Å². The number of hydrogen-bond donors (Lipinski definition) is 4. The number of rotatable bonds is 7. The van der Waals surface area contributed by atoms with E-state index in [1.807, 2.05) is 97.1 Å². The van der Waals surface area contributed by atoms with Gasteiger partial charge in [0.05, 0.1) is 11.4 Å². The molecule has 0 aliphatic carbocycles. The Labute approximate surface area is 220 Å². The highest BCUT2D eigenvalue weighted by Crippen LogP contribution is 2.21. The molecule has 0 spiro atoms. The lowest BCUT2D eigenvalue weighted by atomic mass is 10.0. The van der Waals surface area contributed by atoms with Gasteiger partial charge in [0.1, 0.15) is 0 Å². The summed E-state index contributed by atoms with van der Waals surface area (Å²) in [6, 6.07) is 31.2. The summed E-state index contributed by atoms with van der Waals surface area (Å²) in [5.74, 6) is -1.06. The minimum absolute atomic E-state index is 0.284. The molecule has 0 unspecified atom stereocenters. The summed E-state index contributed by atoms with van der Waals surface area (Å²) >= 11 is 0. The third kappa shape index (κ3) is 6.14. The number of benzene rings is 4. The molecule has 4 aromatic rings. The molecule has 0 aromatic heterocycles. The second kappa shape index (κ2) is 10.8. The van der Waals surface area contributed by atoms with Gasteiger partial charge in [-0.1, -0.05) is 48.5 Å². The summed E-state index contributed by atoms with van der Waals surface area (Å²) in [7, 11) is 0. The summed E-state index contributed by atoms with van der Waals surface area (Å²) in [4.78, 5) is 28.8. The van der Waals surface area contributed by atoms with E-state index in [-0.39, 0.29) is 5.84 Å². The van der Waals surface area contributed by atoms with Crippen LogP contribution >= 0.6 is 0 Å². The van der Waals surface area contributed by atoms with Crippen LogP contribution < -0.4 is 22.1 Å². The topological polar surface area (TPSA) is 123 Å². The average molecular weight is 502 g/mol. The third-order valence-electron chi connectivity index (χ3n) is 6.17. The van der Waals surface area contributed by atoms with Crippen LogP contribution in [-0.2, 0) is 22.4 Å². The molecule has 38 heavy (non-hydrogen) atoms. The van der Waals surface area contributed by atoms with Crippen molar-refractivity contribution in [2.75, 3.05) is 16.8 Å². The van der Waals surface area contributed by atoms with Crippen LogP contribution in [-0.4, -0.2) is 17.5 Å². The second-order valence-electron chi connectivity index (χ2n) is 9.16. The van der Waals surface area contributed by atoms with Crippen molar-refractivity contribution in [1.82, 2.24) is 5.32 Å². The van der Waals surface area contributed by atoms with E-state index in [1.54, 1.807) is 0 Å². The molecule has 1 heterocycles. The van der Waals surface area contributed by atoms with Gasteiger partial charge in [0.25, 0.3) is 5.91 Å². The van der Waals surface area contributed by atoms with Gasteiger partial charge in [-0.05, 0) is 83.6 Å². The monoisotopic (exact) mass is 501 g/mol. The number of amidine groups is 1. The molecule has 1 aliphatic heterocycles. The highest BCUT2D eigenvalue weighted by Gasteiger charge is 2.24. The normalized spacial score (nSPS) is 14.2. The highest BCUT2D eigenvalue weighted by atomic mass is 16.2. The van der Waals surface area contributed by atoms with Gasteiger partial charge >= 0.3 is 0 Å². The second-order valence-corrected chi connectivity index (χ2v) is 9.16. The molecule has 1 aliphatic rings. The van der Waals surface area contributed by atoms with Crippen molar-refractivity contribution in [3.63, 3.8) is 0 Å². The summed E-state index contributed by atoms with van der Waals surface area (Å²) in [6.07, 6.45) is 2.82. The van der Waals surface area contributed by atoms with Crippen LogP contribution in [0.5, 0.6) is 0 Å². The van der Waals surface area contributed by atoms with Gasteiger partial charge in [-0.3, -0.25) is 9.59 Å². The summed E-state index contributed by atoms with van der Waals surface area (Å²) < 4.78 is 0. The quantitative estimate of drug-likeness (QED) is 0.215. The maximum atomic E-state index is 12.1. The van der Waals surface area contributed by atoms with Crippen molar-refractivity contribution in [2.24, 2.45) is 4.99 Å². The van der Waals surface area contributed by atoms with Gasteiger partial charge in [-0.15, -0.1) is 0 Å². The first-order valence-corrected chi connectivity index (χ1v) is 12.2. The lowest BCUT2D eigenvalue weighted by Crippen LogP contribution is -2.42. The molecule has 5 rings (SSSR count). The van der Waals surface area contributed by atoms with Gasteiger partial charge in [0, 0.05) is 23.1 Å². The largest absolute Gasteiger partial charge is 0.399 e. The summed E-state index contributed by atoms with van der Waals surface area (Å²) in [5.41, 5.74) is 19.4. The minimum atomic E-state index is -0.715. The molecule has 7 heteroatoms. The Morgan fingerprint density at radius 2 is 1.08 bits per heavy atom. The van der Waals surface area contributed by atoms with Gasteiger partial charge in [0.15, 0.2) is 5.84 Å². The SMILES string of the molecule is Nc1ccc(Cc2ccc(N=C3NC(=O)C(=O)C=C3Nc3ccc(Cc4ccc(N)cc4)cc3)cc2)cc1. The molecule has 0 saturated heterocycles. The predicted octanol–water partition coefficient (Wildman–Crippen LogP) is 4.76. The lowest BCUT2D eigenvalue weighted by molar-refractivity contribution is -0.134. The molecule has 4 aromatic carbocycles. The molecular formula is C31H27N5O2. The highest BCUT2D eigenvalue weighted by molar-refractivity contribution is 6.47. The zero-order valence-corrected chi connectivity index (χ0v) is 20.6. The molecule has 6 N–H and O–H groups in total. The van der Waals surface area contributed by atoms with Gasteiger partial charge in [0.2, 0.25) is 5.78 Å². The van der Waals surface area contributed by atoms with Crippen molar-refractivity contribution in [3.05, 3.63) is 131 Å². The number of nitrogens with two attached hydrogens (primary N) is 2. The molecule has 0 radical (unpaired) electrons. The number of ketones is 1. The molecular weight excluding hydrogens is 474 g/mol. The number of nitrogen functional groups attached to an aromatic ring is 2. The smallest absolute Gasteiger partial charge is 0.297 e. The summed E-state index contributed by atoms with van der Waals surface area (Å²) in [5, 5.41) is 5.82. The first-order valence-electron chi connectivity index (χ1n) is 12.2. The lowest BCUT2D eigenvalue weighted by Gasteiger charge is -2.18. The number of carbonyl (C=O) groups is 2. The van der Waals surface area contributed by atoms with Gasteiger partial charge in [-0.2, -0.15) is 0 Å². The van der Waals surface area contributed by atoms with Crippen LogP contribution in [0.1, 0.15) is 22.3 Å². The molecule has 0 atom stereocenters. The molecule has 0 bridgehead atoms. The van der Waals surface area contributed by atoms with Crippen molar-refractivity contribution in [2.45, 2.75) is 12.8 Å². The first kappa shape index (κ1) is 24.5. The fourth-order valence-corrected chi connectivity index (χ4v) is 4.11. The number of nitrogens with zero attached hydrogens (tertiary/aromatic N) is 1. The fraction of sp³-hybridized carbons (Fsp3) is 0.0645. The predicted molar refractivity (Wildman–Crippen MR) is 152 cm³/mol. The van der Waals surface area contributed by atoms with E-state index in [9.17, 15) is 9.59 Å². The number of anilines is 3. The van der Waals surface area contributed by atoms with Crippen molar-refractivity contribution < 1.29 is 9.59 Å². The minimum Gasteiger partial charge on any atom is -0.399 e. The maximum Gasteiger partial charge on any atom is 0.297 e. The molecule has 0 fully saturated rings. The van der Waals surface area contributed by atoms with Crippen molar-refractivity contribution in [3.8, 4) is 0 Å². The molecule has 7 nitrogen and oxygen atoms in total. The maximum absolute atomic E-state index is 12.1. The fourth-order valence-electron chi connectivity index (χ4n) is 4.11. The standard InChI is InChI=1S/C31H27N5O2/c32-24-9-1-20(2-10-24)17-22-5-13-26(14-6-22)34-28-19-29(37)31(38)36-30(28)35-27-15-7-23(8-16-27)18-21-3-11-25(33)12-4-21/h1-16,19,34H,17-18,32-33H2,(H,35,36,38). The Hall–Kier alpha value is -5.17. The number of amides is 1. The molecule has 0 saturated carbocycles. The van der Waals surface area contributed by atoms with Gasteiger partial charge in [-0.25, -0.2) is 4.99 Å². The Kier molecular flexibility index (Phi) is 6.99. The van der Waals surface area contributed by atoms with Crippen LogP contribution in [0.3, 0.4) is 0 Å². The average Bonchev–Trinajstić information content (AvgIpc) is 2.92. The number of carbonyl (C=O) groups excluding carboxylic acids is 2. The Morgan fingerprint density at radius 3 is 1.58 bits per heavy atom. The van der Waals surface area contributed by atoms with E-state index in [0.717, 1.165) is 52.2 Å². The van der Waals surface area contributed by atoms with Crippen molar-refractivity contribution >= 4 is 40.3 Å². The van der Waals surface area contributed by atoms with E-state index in [4.69, 9.17) is 11.5 Å². The number of hydrogen-bond acceptors (Lipinski definition) is 6. The number of nitrogens with one attached hydrogen (secondary N) is 2. The zero-order valence-electron chi connectivity index (χ0n) is 20.6.